The van der Waals surface area contributed by atoms with E-state index in [2.05, 4.69) is 52.2 Å². The van der Waals surface area contributed by atoms with Crippen molar-refractivity contribution in [3.8, 4) is 0 Å². The smallest absolute Gasteiger partial charge is 0.0741 e. The number of benzene rings is 1. The van der Waals surface area contributed by atoms with Gasteiger partial charge in [0.15, 0.2) is 0 Å². The molecule has 1 fully saturated rings. The topological polar surface area (TPSA) is 32.3 Å². The van der Waals surface area contributed by atoms with Gasteiger partial charge in [0, 0.05) is 9.26 Å². The lowest BCUT2D eigenvalue weighted by molar-refractivity contribution is 0.116. The minimum absolute atomic E-state index is 0.182. The highest BCUT2D eigenvalue weighted by atomic mass is 127. The standard InChI is InChI=1S/C12H16INO/c13-9-5-7-10(8-6-9)14-11-3-1-2-4-12(11)15/h5-8,11-12,14-15H,1-4H2/t11-,12-/m1/s1. The first-order valence-corrected chi connectivity index (χ1v) is 6.54. The van der Waals surface area contributed by atoms with E-state index in [4.69, 9.17) is 0 Å². The summed E-state index contributed by atoms with van der Waals surface area (Å²) in [5, 5.41) is 13.2. The molecule has 1 saturated carbocycles. The van der Waals surface area contributed by atoms with Gasteiger partial charge in [-0.15, -0.1) is 0 Å². The first-order chi connectivity index (χ1) is 7.25. The van der Waals surface area contributed by atoms with Crippen LogP contribution < -0.4 is 5.32 Å². The van der Waals surface area contributed by atoms with Crippen LogP contribution in [0.25, 0.3) is 0 Å². The molecule has 0 unspecified atom stereocenters. The molecule has 2 N–H and O–H groups in total. The van der Waals surface area contributed by atoms with Crippen molar-refractivity contribution in [2.45, 2.75) is 37.8 Å². The molecule has 3 heteroatoms. The molecule has 0 aromatic heterocycles. The van der Waals surface area contributed by atoms with Gasteiger partial charge in [0.05, 0.1) is 12.1 Å². The van der Waals surface area contributed by atoms with E-state index in [1.807, 2.05) is 0 Å². The number of anilines is 1. The van der Waals surface area contributed by atoms with Crippen LogP contribution in [0.5, 0.6) is 0 Å². The second-order valence-electron chi connectivity index (χ2n) is 4.11. The lowest BCUT2D eigenvalue weighted by Crippen LogP contribution is -2.36. The van der Waals surface area contributed by atoms with Gasteiger partial charge in [-0.3, -0.25) is 0 Å². The molecule has 2 rings (SSSR count). The molecule has 0 spiro atoms. The van der Waals surface area contributed by atoms with Crippen LogP contribution in [0.4, 0.5) is 5.69 Å². The zero-order valence-electron chi connectivity index (χ0n) is 8.62. The van der Waals surface area contributed by atoms with Crippen LogP contribution in [-0.4, -0.2) is 17.3 Å². The number of nitrogens with one attached hydrogen (secondary N) is 1. The highest BCUT2D eigenvalue weighted by molar-refractivity contribution is 14.1. The second kappa shape index (κ2) is 5.16. The van der Waals surface area contributed by atoms with Crippen molar-refractivity contribution < 1.29 is 5.11 Å². The molecule has 0 radical (unpaired) electrons. The van der Waals surface area contributed by atoms with Gasteiger partial charge in [-0.25, -0.2) is 0 Å². The number of halogens is 1. The van der Waals surface area contributed by atoms with E-state index >= 15 is 0 Å². The van der Waals surface area contributed by atoms with Crippen LogP contribution in [0.15, 0.2) is 24.3 Å². The molecular weight excluding hydrogens is 301 g/mol. The Morgan fingerprint density at radius 3 is 2.47 bits per heavy atom. The molecule has 0 saturated heterocycles. The van der Waals surface area contributed by atoms with E-state index in [0.717, 1.165) is 24.9 Å². The van der Waals surface area contributed by atoms with Gasteiger partial charge in [-0.1, -0.05) is 12.8 Å². The lowest BCUT2D eigenvalue weighted by atomic mass is 9.92. The molecule has 1 aromatic carbocycles. The van der Waals surface area contributed by atoms with E-state index in [9.17, 15) is 5.11 Å². The fourth-order valence-corrected chi connectivity index (χ4v) is 2.40. The van der Waals surface area contributed by atoms with Crippen molar-refractivity contribution in [2.24, 2.45) is 0 Å². The maximum atomic E-state index is 9.82. The molecule has 15 heavy (non-hydrogen) atoms. The number of rotatable bonds is 2. The summed E-state index contributed by atoms with van der Waals surface area (Å²) in [6, 6.07) is 8.54. The van der Waals surface area contributed by atoms with Crippen LogP contribution >= 0.6 is 22.6 Å². The number of hydrogen-bond acceptors (Lipinski definition) is 2. The summed E-state index contributed by atoms with van der Waals surface area (Å²) in [5.74, 6) is 0. The van der Waals surface area contributed by atoms with E-state index in [1.54, 1.807) is 0 Å². The van der Waals surface area contributed by atoms with Crippen molar-refractivity contribution in [3.05, 3.63) is 27.8 Å². The lowest BCUT2D eigenvalue weighted by Gasteiger charge is -2.29. The Kier molecular flexibility index (Phi) is 3.86. The minimum Gasteiger partial charge on any atom is -0.391 e. The van der Waals surface area contributed by atoms with E-state index in [0.29, 0.717) is 0 Å². The van der Waals surface area contributed by atoms with Crippen molar-refractivity contribution in [2.75, 3.05) is 5.32 Å². The van der Waals surface area contributed by atoms with Crippen LogP contribution in [0.2, 0.25) is 0 Å². The number of hydrogen-bond donors (Lipinski definition) is 2. The van der Waals surface area contributed by atoms with Crippen molar-refractivity contribution in [1.29, 1.82) is 0 Å². The molecule has 1 aliphatic carbocycles. The van der Waals surface area contributed by atoms with Gasteiger partial charge in [-0.2, -0.15) is 0 Å². The van der Waals surface area contributed by atoms with Crippen LogP contribution in [0, 0.1) is 3.57 Å². The first kappa shape index (κ1) is 11.2. The molecule has 82 valence electrons. The Balaban J connectivity index is 1.98. The van der Waals surface area contributed by atoms with Crippen LogP contribution in [-0.2, 0) is 0 Å². The van der Waals surface area contributed by atoms with Gasteiger partial charge in [0.25, 0.3) is 0 Å². The summed E-state index contributed by atoms with van der Waals surface area (Å²) < 4.78 is 1.24. The Morgan fingerprint density at radius 2 is 1.80 bits per heavy atom. The summed E-state index contributed by atoms with van der Waals surface area (Å²) in [5.41, 5.74) is 1.11. The fourth-order valence-electron chi connectivity index (χ4n) is 2.04. The quantitative estimate of drug-likeness (QED) is 0.822. The summed E-state index contributed by atoms with van der Waals surface area (Å²) in [6.07, 6.45) is 4.21. The van der Waals surface area contributed by atoms with Gasteiger partial charge in [0.1, 0.15) is 0 Å². The molecule has 0 amide bonds. The largest absolute Gasteiger partial charge is 0.391 e. The Hall–Kier alpha value is -0.290. The number of aliphatic hydroxyl groups excluding tert-OH is 1. The van der Waals surface area contributed by atoms with E-state index in [-0.39, 0.29) is 12.1 Å². The minimum atomic E-state index is -0.182. The fraction of sp³-hybridized carbons (Fsp3) is 0.500. The van der Waals surface area contributed by atoms with Crippen LogP contribution in [0.3, 0.4) is 0 Å². The van der Waals surface area contributed by atoms with Crippen molar-refractivity contribution >= 4 is 28.3 Å². The summed E-state index contributed by atoms with van der Waals surface area (Å²) in [7, 11) is 0. The highest BCUT2D eigenvalue weighted by Gasteiger charge is 2.22. The second-order valence-corrected chi connectivity index (χ2v) is 5.36. The Labute approximate surface area is 104 Å². The molecule has 0 bridgehead atoms. The normalized spacial score (nSPS) is 26.3. The summed E-state index contributed by atoms with van der Waals surface area (Å²) >= 11 is 2.29. The third-order valence-corrected chi connectivity index (χ3v) is 3.64. The number of aliphatic hydroxyl groups is 1. The third-order valence-electron chi connectivity index (χ3n) is 2.93. The van der Waals surface area contributed by atoms with Gasteiger partial charge < -0.3 is 10.4 Å². The van der Waals surface area contributed by atoms with Crippen molar-refractivity contribution in [3.63, 3.8) is 0 Å². The van der Waals surface area contributed by atoms with Crippen LogP contribution in [0.1, 0.15) is 25.7 Å². The predicted molar refractivity (Wildman–Crippen MR) is 71.0 cm³/mol. The first-order valence-electron chi connectivity index (χ1n) is 5.46. The van der Waals surface area contributed by atoms with Crippen molar-refractivity contribution in [1.82, 2.24) is 0 Å². The molecule has 0 aliphatic heterocycles. The van der Waals surface area contributed by atoms with E-state index in [1.165, 1.54) is 9.99 Å². The van der Waals surface area contributed by atoms with Gasteiger partial charge in [-0.05, 0) is 59.7 Å². The molecule has 0 heterocycles. The predicted octanol–water partition coefficient (Wildman–Crippen LogP) is 3.01. The van der Waals surface area contributed by atoms with Gasteiger partial charge in [0.2, 0.25) is 0 Å². The Bertz CT molecular complexity index is 312. The summed E-state index contributed by atoms with van der Waals surface area (Å²) in [6.45, 7) is 0. The monoisotopic (exact) mass is 317 g/mol. The molecule has 2 atom stereocenters. The molecular formula is C12H16INO. The average Bonchev–Trinajstić information content (AvgIpc) is 2.25. The third kappa shape index (κ3) is 3.08. The highest BCUT2D eigenvalue weighted by Crippen LogP contribution is 2.22. The molecule has 1 aliphatic rings. The zero-order chi connectivity index (χ0) is 10.7. The average molecular weight is 317 g/mol. The van der Waals surface area contributed by atoms with Gasteiger partial charge >= 0.3 is 0 Å². The summed E-state index contributed by atoms with van der Waals surface area (Å²) in [4.78, 5) is 0. The Morgan fingerprint density at radius 1 is 1.13 bits per heavy atom. The molecule has 2 nitrogen and oxygen atoms in total. The maximum Gasteiger partial charge on any atom is 0.0741 e. The zero-order valence-corrected chi connectivity index (χ0v) is 10.8. The van der Waals surface area contributed by atoms with E-state index < -0.39 is 0 Å². The maximum absolute atomic E-state index is 9.82. The molecule has 1 aromatic rings. The SMILES string of the molecule is O[C@@H]1CCCC[C@H]1Nc1ccc(I)cc1.